The van der Waals surface area contributed by atoms with E-state index in [9.17, 15) is 9.59 Å². The molecule has 25 heavy (non-hydrogen) atoms. The lowest BCUT2D eigenvalue weighted by molar-refractivity contribution is -0.148. The summed E-state index contributed by atoms with van der Waals surface area (Å²) in [6.07, 6.45) is 2.11. The Morgan fingerprint density at radius 3 is 2.76 bits per heavy atom. The minimum atomic E-state index is -0.322. The van der Waals surface area contributed by atoms with Crippen LogP contribution in [0, 0.1) is 12.8 Å². The molecular formula is C18H21N3O3S. The quantitative estimate of drug-likeness (QED) is 0.815. The van der Waals surface area contributed by atoms with Crippen molar-refractivity contribution < 1.29 is 14.3 Å². The summed E-state index contributed by atoms with van der Waals surface area (Å²) in [5.74, 6) is -0.254. The molecule has 0 saturated heterocycles. The van der Waals surface area contributed by atoms with Gasteiger partial charge in [-0.15, -0.1) is 11.3 Å². The van der Waals surface area contributed by atoms with Crippen LogP contribution in [0.25, 0.3) is 0 Å². The second-order valence-electron chi connectivity index (χ2n) is 6.03. The molecule has 1 atom stereocenters. The maximum absolute atomic E-state index is 12.1. The molecule has 0 fully saturated rings. The first-order valence-electron chi connectivity index (χ1n) is 8.35. The van der Waals surface area contributed by atoms with Gasteiger partial charge in [-0.3, -0.25) is 10.1 Å². The highest BCUT2D eigenvalue weighted by Gasteiger charge is 2.28. The highest BCUT2D eigenvalue weighted by atomic mass is 32.1. The fraction of sp³-hybridized carbons (Fsp3) is 0.389. The van der Waals surface area contributed by atoms with E-state index in [2.05, 4.69) is 15.6 Å². The Labute approximate surface area is 150 Å². The zero-order valence-electron chi connectivity index (χ0n) is 14.3. The van der Waals surface area contributed by atoms with E-state index in [1.807, 2.05) is 38.1 Å². The van der Waals surface area contributed by atoms with Gasteiger partial charge in [0.05, 0.1) is 18.2 Å². The van der Waals surface area contributed by atoms with E-state index < -0.39 is 0 Å². The lowest BCUT2D eigenvalue weighted by Crippen LogP contribution is -2.24. The number of amides is 2. The Kier molecular flexibility index (Phi) is 5.33. The fourth-order valence-electron chi connectivity index (χ4n) is 2.79. The summed E-state index contributed by atoms with van der Waals surface area (Å²) >= 11 is 1.43. The van der Waals surface area contributed by atoms with E-state index >= 15 is 0 Å². The van der Waals surface area contributed by atoms with Crippen LogP contribution in [0.15, 0.2) is 24.3 Å². The Morgan fingerprint density at radius 2 is 2.04 bits per heavy atom. The number of rotatable bonds is 4. The number of nitrogens with one attached hydrogen (secondary N) is 2. The maximum atomic E-state index is 12.1. The van der Waals surface area contributed by atoms with Crippen LogP contribution in [-0.2, 0) is 22.4 Å². The number of benzene rings is 1. The van der Waals surface area contributed by atoms with Crippen LogP contribution >= 0.6 is 11.3 Å². The molecular weight excluding hydrogens is 338 g/mol. The maximum Gasteiger partial charge on any atom is 0.325 e. The molecule has 0 spiro atoms. The zero-order chi connectivity index (χ0) is 17.8. The number of carbonyl (C=O) groups excluding carboxylic acids is 2. The number of urea groups is 1. The summed E-state index contributed by atoms with van der Waals surface area (Å²) in [6, 6.07) is 7.26. The Morgan fingerprint density at radius 1 is 1.28 bits per heavy atom. The molecule has 0 aliphatic heterocycles. The van der Waals surface area contributed by atoms with Crippen molar-refractivity contribution in [1.29, 1.82) is 0 Å². The summed E-state index contributed by atoms with van der Waals surface area (Å²) in [7, 11) is 0. The monoisotopic (exact) mass is 359 g/mol. The summed E-state index contributed by atoms with van der Waals surface area (Å²) in [6.45, 7) is 4.21. The number of nitrogens with zero attached hydrogens (tertiary/aromatic N) is 1. The third-order valence-corrected chi connectivity index (χ3v) is 5.12. The molecule has 2 amide bonds. The molecule has 0 bridgehead atoms. The lowest BCUT2D eigenvalue weighted by atomic mass is 9.91. The number of carbonyl (C=O) groups is 2. The van der Waals surface area contributed by atoms with Crippen LogP contribution in [-0.4, -0.2) is 23.6 Å². The zero-order valence-corrected chi connectivity index (χ0v) is 15.1. The van der Waals surface area contributed by atoms with E-state index in [0.29, 0.717) is 18.2 Å². The Balaban J connectivity index is 1.60. The first kappa shape index (κ1) is 17.4. The summed E-state index contributed by atoms with van der Waals surface area (Å²) < 4.78 is 5.11. The van der Waals surface area contributed by atoms with Gasteiger partial charge < -0.3 is 10.1 Å². The van der Waals surface area contributed by atoms with Crippen molar-refractivity contribution in [2.24, 2.45) is 5.92 Å². The molecule has 0 radical (unpaired) electrons. The van der Waals surface area contributed by atoms with Crippen LogP contribution in [0.1, 0.15) is 29.5 Å². The average molecular weight is 359 g/mol. The van der Waals surface area contributed by atoms with Crippen molar-refractivity contribution in [3.8, 4) is 0 Å². The summed E-state index contributed by atoms with van der Waals surface area (Å²) in [5.41, 5.74) is 2.83. The number of aromatic nitrogens is 1. The van der Waals surface area contributed by atoms with Gasteiger partial charge in [0, 0.05) is 10.6 Å². The van der Waals surface area contributed by atoms with Crippen LogP contribution in [0.2, 0.25) is 0 Å². The molecule has 1 heterocycles. The molecule has 1 aromatic carbocycles. The Hall–Kier alpha value is -2.41. The SMILES string of the molecule is CCOC(=O)C1CCc2nc(NC(=O)Nc3ccc(C)cc3)sc2C1. The molecule has 0 saturated carbocycles. The topological polar surface area (TPSA) is 80.3 Å². The molecule has 1 unspecified atom stereocenters. The number of esters is 1. The van der Waals surface area contributed by atoms with E-state index in [4.69, 9.17) is 4.74 Å². The fourth-order valence-corrected chi connectivity index (χ4v) is 3.87. The average Bonchev–Trinajstić information content (AvgIpc) is 2.98. The predicted octanol–water partition coefficient (Wildman–Crippen LogP) is 3.76. The molecule has 2 aromatic rings. The van der Waals surface area contributed by atoms with Crippen molar-refractivity contribution in [1.82, 2.24) is 4.98 Å². The van der Waals surface area contributed by atoms with Gasteiger partial charge in [-0.25, -0.2) is 9.78 Å². The van der Waals surface area contributed by atoms with Gasteiger partial charge in [0.25, 0.3) is 0 Å². The third-order valence-electron chi connectivity index (χ3n) is 4.09. The summed E-state index contributed by atoms with van der Waals surface area (Å²) in [5, 5.41) is 6.11. The largest absolute Gasteiger partial charge is 0.466 e. The molecule has 1 aliphatic carbocycles. The van der Waals surface area contributed by atoms with Gasteiger partial charge in [0.15, 0.2) is 5.13 Å². The van der Waals surface area contributed by atoms with E-state index in [1.54, 1.807) is 0 Å². The number of hydrogen-bond donors (Lipinski definition) is 2. The molecule has 2 N–H and O–H groups in total. The third kappa shape index (κ3) is 4.36. The van der Waals surface area contributed by atoms with Crippen LogP contribution in [0.3, 0.4) is 0 Å². The Bertz CT molecular complexity index is 770. The molecule has 3 rings (SSSR count). The predicted molar refractivity (Wildman–Crippen MR) is 98.1 cm³/mol. The molecule has 1 aliphatic rings. The first-order valence-corrected chi connectivity index (χ1v) is 9.16. The minimum Gasteiger partial charge on any atom is -0.466 e. The highest BCUT2D eigenvalue weighted by molar-refractivity contribution is 7.15. The number of aryl methyl sites for hydroxylation is 2. The first-order chi connectivity index (χ1) is 12.0. The van der Waals surface area contributed by atoms with Gasteiger partial charge in [0.1, 0.15) is 0 Å². The number of ether oxygens (including phenoxy) is 1. The van der Waals surface area contributed by atoms with Crippen LogP contribution in [0.4, 0.5) is 15.6 Å². The van der Waals surface area contributed by atoms with Crippen molar-refractivity contribution in [2.75, 3.05) is 17.2 Å². The minimum absolute atomic E-state index is 0.109. The number of anilines is 2. The van der Waals surface area contributed by atoms with Gasteiger partial charge in [-0.1, -0.05) is 17.7 Å². The molecule has 7 heteroatoms. The smallest absolute Gasteiger partial charge is 0.325 e. The standard InChI is InChI=1S/C18H21N3O3S/c1-3-24-16(22)12-6-9-14-15(10-12)25-18(20-14)21-17(23)19-13-7-4-11(2)5-8-13/h4-5,7-8,12H,3,6,9-10H2,1-2H3,(H2,19,20,21,23). The van der Waals surface area contributed by atoms with Crippen molar-refractivity contribution in [2.45, 2.75) is 33.1 Å². The van der Waals surface area contributed by atoms with Gasteiger partial charge in [-0.05, 0) is 45.2 Å². The number of fused-ring (bicyclic) bond motifs is 1. The molecule has 1 aromatic heterocycles. The molecule has 132 valence electrons. The lowest BCUT2D eigenvalue weighted by Gasteiger charge is -2.18. The van der Waals surface area contributed by atoms with Crippen molar-refractivity contribution in [3.05, 3.63) is 40.4 Å². The normalized spacial score (nSPS) is 16.0. The van der Waals surface area contributed by atoms with Gasteiger partial charge >= 0.3 is 12.0 Å². The van der Waals surface area contributed by atoms with E-state index in [1.165, 1.54) is 11.3 Å². The molecule has 6 nitrogen and oxygen atoms in total. The van der Waals surface area contributed by atoms with E-state index in [0.717, 1.165) is 34.7 Å². The number of hydrogen-bond acceptors (Lipinski definition) is 5. The summed E-state index contributed by atoms with van der Waals surface area (Å²) in [4.78, 5) is 29.5. The van der Waals surface area contributed by atoms with Crippen molar-refractivity contribution in [3.63, 3.8) is 0 Å². The second kappa shape index (κ2) is 7.65. The van der Waals surface area contributed by atoms with Gasteiger partial charge in [0.2, 0.25) is 0 Å². The van der Waals surface area contributed by atoms with E-state index in [-0.39, 0.29) is 17.9 Å². The van der Waals surface area contributed by atoms with Crippen molar-refractivity contribution >= 4 is 34.2 Å². The van der Waals surface area contributed by atoms with Crippen LogP contribution < -0.4 is 10.6 Å². The highest BCUT2D eigenvalue weighted by Crippen LogP contribution is 2.33. The second-order valence-corrected chi connectivity index (χ2v) is 7.11. The number of thiazole rings is 1. The van der Waals surface area contributed by atoms with Crippen LogP contribution in [0.5, 0.6) is 0 Å². The van der Waals surface area contributed by atoms with Gasteiger partial charge in [-0.2, -0.15) is 0 Å².